The van der Waals surface area contributed by atoms with Crippen molar-refractivity contribution < 1.29 is 0 Å². The molecule has 0 heterocycles. The molecule has 0 aliphatic heterocycles. The molecule has 0 aliphatic carbocycles. The van der Waals surface area contributed by atoms with Gasteiger partial charge < -0.3 is 0 Å². The Morgan fingerprint density at radius 1 is 1.17 bits per heavy atom. The Morgan fingerprint density at radius 2 is 1.83 bits per heavy atom. The highest BCUT2D eigenvalue weighted by Crippen LogP contribution is 2.32. The zero-order chi connectivity index (χ0) is 13.4. The molecule has 0 radical (unpaired) electrons. The van der Waals surface area contributed by atoms with Crippen LogP contribution in [0.15, 0.2) is 30.3 Å². The van der Waals surface area contributed by atoms with Crippen LogP contribution in [0.3, 0.4) is 0 Å². The van der Waals surface area contributed by atoms with Gasteiger partial charge in [0, 0.05) is 12.0 Å². The van der Waals surface area contributed by atoms with E-state index in [2.05, 4.69) is 56.5 Å². The fourth-order valence-corrected chi connectivity index (χ4v) is 2.68. The summed E-state index contributed by atoms with van der Waals surface area (Å²) in [5.41, 5.74) is 4.46. The molecule has 1 rings (SSSR count). The molecular weight excluding hydrogens is 220 g/mol. The van der Waals surface area contributed by atoms with Gasteiger partial charge in [-0.15, -0.1) is 0 Å². The van der Waals surface area contributed by atoms with E-state index in [0.717, 1.165) is 6.42 Å². The maximum atomic E-state index is 5.79. The third kappa shape index (κ3) is 4.11. The Morgan fingerprint density at radius 3 is 2.33 bits per heavy atom. The molecule has 0 fully saturated rings. The van der Waals surface area contributed by atoms with Gasteiger partial charge in [-0.1, -0.05) is 70.4 Å². The van der Waals surface area contributed by atoms with E-state index in [1.54, 1.807) is 0 Å². The number of hydrogen-bond donors (Lipinski definition) is 2. The number of nitrogens with one attached hydrogen (secondary N) is 1. The molecule has 0 aromatic heterocycles. The van der Waals surface area contributed by atoms with Crippen LogP contribution in [0.4, 0.5) is 0 Å². The minimum absolute atomic E-state index is 0.377. The van der Waals surface area contributed by atoms with E-state index in [9.17, 15) is 0 Å². The lowest BCUT2D eigenvalue weighted by Crippen LogP contribution is -2.41. The lowest BCUT2D eigenvalue weighted by Gasteiger charge is -2.31. The first-order chi connectivity index (χ1) is 8.74. The molecule has 0 bridgehead atoms. The van der Waals surface area contributed by atoms with Gasteiger partial charge in [-0.2, -0.15) is 0 Å². The molecule has 1 aromatic rings. The molecule has 18 heavy (non-hydrogen) atoms. The van der Waals surface area contributed by atoms with Gasteiger partial charge in [0.25, 0.3) is 0 Å². The summed E-state index contributed by atoms with van der Waals surface area (Å²) in [6.45, 7) is 6.82. The van der Waals surface area contributed by atoms with Gasteiger partial charge in [0.1, 0.15) is 0 Å². The van der Waals surface area contributed by atoms with Gasteiger partial charge in [0.15, 0.2) is 0 Å². The lowest BCUT2D eigenvalue weighted by molar-refractivity contribution is 0.318. The van der Waals surface area contributed by atoms with Crippen LogP contribution in [0.1, 0.15) is 57.9 Å². The Balaban J connectivity index is 2.89. The first kappa shape index (κ1) is 15.2. The van der Waals surface area contributed by atoms with E-state index in [1.165, 1.54) is 24.8 Å². The number of benzene rings is 1. The molecule has 1 aromatic carbocycles. The smallest absolute Gasteiger partial charge is 0.0281 e. The minimum Gasteiger partial charge on any atom is -0.271 e. The van der Waals surface area contributed by atoms with Crippen molar-refractivity contribution in [3.05, 3.63) is 35.9 Å². The number of hydrogen-bond acceptors (Lipinski definition) is 2. The minimum atomic E-state index is 0.377. The first-order valence-corrected chi connectivity index (χ1v) is 7.25. The Hall–Kier alpha value is -0.860. The zero-order valence-corrected chi connectivity index (χ0v) is 12.0. The zero-order valence-electron chi connectivity index (χ0n) is 12.0. The second-order valence-electron chi connectivity index (χ2n) is 5.24. The van der Waals surface area contributed by atoms with Crippen molar-refractivity contribution in [2.45, 2.75) is 58.4 Å². The summed E-state index contributed by atoms with van der Waals surface area (Å²) in [6.07, 6.45) is 4.79. The fourth-order valence-electron chi connectivity index (χ4n) is 2.68. The van der Waals surface area contributed by atoms with Crippen molar-refractivity contribution in [3.63, 3.8) is 0 Å². The van der Waals surface area contributed by atoms with Crippen LogP contribution in [0.2, 0.25) is 0 Å². The number of unbranched alkanes of at least 4 members (excludes halogenated alkanes) is 1. The molecule has 0 spiro atoms. The van der Waals surface area contributed by atoms with Crippen molar-refractivity contribution in [2.75, 3.05) is 0 Å². The highest BCUT2D eigenvalue weighted by Gasteiger charge is 2.26. The number of rotatable bonds is 8. The van der Waals surface area contributed by atoms with E-state index >= 15 is 0 Å². The molecule has 0 amide bonds. The van der Waals surface area contributed by atoms with E-state index in [4.69, 9.17) is 5.84 Å². The van der Waals surface area contributed by atoms with E-state index < -0.39 is 0 Å². The van der Waals surface area contributed by atoms with Crippen LogP contribution < -0.4 is 11.3 Å². The Bertz CT molecular complexity index is 310. The molecule has 2 nitrogen and oxygen atoms in total. The van der Waals surface area contributed by atoms with Crippen molar-refractivity contribution in [2.24, 2.45) is 11.8 Å². The number of nitrogens with two attached hydrogens (primary N) is 1. The SMILES string of the molecule is CCCCC(NN)C(c1ccccc1)C(C)CC. The summed E-state index contributed by atoms with van der Waals surface area (Å²) in [5.74, 6) is 6.95. The van der Waals surface area contributed by atoms with Crippen LogP contribution in [0.5, 0.6) is 0 Å². The maximum Gasteiger partial charge on any atom is 0.0281 e. The molecule has 0 aliphatic rings. The highest BCUT2D eigenvalue weighted by atomic mass is 15.2. The molecule has 3 unspecified atom stereocenters. The van der Waals surface area contributed by atoms with Crippen molar-refractivity contribution in [1.82, 2.24) is 5.43 Å². The Labute approximate surface area is 112 Å². The predicted molar refractivity (Wildman–Crippen MR) is 79.3 cm³/mol. The number of hydrazine groups is 1. The third-order valence-electron chi connectivity index (χ3n) is 3.96. The molecule has 0 saturated carbocycles. The van der Waals surface area contributed by atoms with Gasteiger partial charge in [-0.3, -0.25) is 11.3 Å². The van der Waals surface area contributed by atoms with Crippen LogP contribution in [-0.2, 0) is 0 Å². The third-order valence-corrected chi connectivity index (χ3v) is 3.96. The van der Waals surface area contributed by atoms with Gasteiger partial charge >= 0.3 is 0 Å². The van der Waals surface area contributed by atoms with E-state index in [0.29, 0.717) is 17.9 Å². The van der Waals surface area contributed by atoms with Crippen molar-refractivity contribution in [1.29, 1.82) is 0 Å². The quantitative estimate of drug-likeness (QED) is 0.542. The second-order valence-corrected chi connectivity index (χ2v) is 5.24. The van der Waals surface area contributed by atoms with Gasteiger partial charge in [0.05, 0.1) is 0 Å². The van der Waals surface area contributed by atoms with Gasteiger partial charge in [0.2, 0.25) is 0 Å². The topological polar surface area (TPSA) is 38.0 Å². The standard InChI is InChI=1S/C16H28N2/c1-4-6-12-15(18-17)16(13(3)5-2)14-10-8-7-9-11-14/h7-11,13,15-16,18H,4-6,12,17H2,1-3H3. The first-order valence-electron chi connectivity index (χ1n) is 7.25. The van der Waals surface area contributed by atoms with E-state index in [-0.39, 0.29) is 0 Å². The summed E-state index contributed by atoms with van der Waals surface area (Å²) in [7, 11) is 0. The largest absolute Gasteiger partial charge is 0.271 e. The fraction of sp³-hybridized carbons (Fsp3) is 0.625. The summed E-state index contributed by atoms with van der Waals surface area (Å²) >= 11 is 0. The summed E-state index contributed by atoms with van der Waals surface area (Å²) < 4.78 is 0. The predicted octanol–water partition coefficient (Wildman–Crippen LogP) is 3.84. The summed E-state index contributed by atoms with van der Waals surface area (Å²) in [6, 6.07) is 11.2. The average molecular weight is 248 g/mol. The molecule has 3 N–H and O–H groups in total. The van der Waals surface area contributed by atoms with Gasteiger partial charge in [-0.05, 0) is 17.9 Å². The molecule has 3 atom stereocenters. The molecule has 102 valence electrons. The van der Waals surface area contributed by atoms with Crippen LogP contribution in [-0.4, -0.2) is 6.04 Å². The van der Waals surface area contributed by atoms with Crippen LogP contribution >= 0.6 is 0 Å². The van der Waals surface area contributed by atoms with Crippen molar-refractivity contribution >= 4 is 0 Å². The Kier molecular flexibility index (Phi) is 6.99. The highest BCUT2D eigenvalue weighted by molar-refractivity contribution is 5.22. The second kappa shape index (κ2) is 8.28. The van der Waals surface area contributed by atoms with Crippen LogP contribution in [0, 0.1) is 5.92 Å². The normalized spacial score (nSPS) is 16.2. The summed E-state index contributed by atoms with van der Waals surface area (Å²) in [4.78, 5) is 0. The molecule has 2 heteroatoms. The van der Waals surface area contributed by atoms with Crippen molar-refractivity contribution in [3.8, 4) is 0 Å². The average Bonchev–Trinajstić information content (AvgIpc) is 2.43. The summed E-state index contributed by atoms with van der Waals surface area (Å²) in [5, 5.41) is 0. The maximum absolute atomic E-state index is 5.79. The monoisotopic (exact) mass is 248 g/mol. The van der Waals surface area contributed by atoms with Gasteiger partial charge in [-0.25, -0.2) is 0 Å². The molecular formula is C16H28N2. The van der Waals surface area contributed by atoms with Crippen LogP contribution in [0.25, 0.3) is 0 Å². The molecule has 0 saturated heterocycles. The van der Waals surface area contributed by atoms with E-state index in [1.807, 2.05) is 0 Å². The lowest BCUT2D eigenvalue weighted by atomic mass is 9.79.